The topological polar surface area (TPSA) is 68.5 Å². The van der Waals surface area contributed by atoms with Gasteiger partial charge in [0.2, 0.25) is 0 Å². The number of aromatic nitrogens is 1. The predicted octanol–water partition coefficient (Wildman–Crippen LogP) is 2.87. The number of sulfone groups is 1. The number of para-hydroxylation sites is 1. The van der Waals surface area contributed by atoms with Crippen molar-refractivity contribution < 1.29 is 13.2 Å². The zero-order valence-electron chi connectivity index (χ0n) is 13.3. The van der Waals surface area contributed by atoms with Gasteiger partial charge >= 0.3 is 0 Å². The molecule has 0 atom stereocenters. The minimum Gasteiger partial charge on any atom is -0.317 e. The van der Waals surface area contributed by atoms with Gasteiger partial charge in [-0.2, -0.15) is 4.99 Å². The standard InChI is InChI=1S/C17H16N2O3S2/c1-3-19-14-9-4-5-10-15(14)23-17(19)18-16(20)12-7-6-8-13(11-12)24(2,21)22/h4-11H,3H2,1-2H3. The first-order chi connectivity index (χ1) is 11.4. The number of thiazole rings is 1. The number of aryl methyl sites for hydroxylation is 1. The summed E-state index contributed by atoms with van der Waals surface area (Å²) in [5.74, 6) is -0.450. The molecular formula is C17H16N2O3S2. The van der Waals surface area contributed by atoms with Gasteiger partial charge in [-0.3, -0.25) is 4.79 Å². The molecule has 3 aromatic rings. The molecule has 0 radical (unpaired) electrons. The Kier molecular flexibility index (Phi) is 4.38. The highest BCUT2D eigenvalue weighted by Crippen LogP contribution is 2.17. The van der Waals surface area contributed by atoms with E-state index in [2.05, 4.69) is 4.99 Å². The van der Waals surface area contributed by atoms with E-state index in [0.29, 0.717) is 11.3 Å². The van der Waals surface area contributed by atoms with Gasteiger partial charge in [-0.15, -0.1) is 0 Å². The number of rotatable bonds is 3. The number of carbonyl (C=O) groups is 1. The average molecular weight is 360 g/mol. The Bertz CT molecular complexity index is 1090. The number of carbonyl (C=O) groups excluding carboxylic acids is 1. The van der Waals surface area contributed by atoms with Crippen LogP contribution in [-0.4, -0.2) is 25.1 Å². The van der Waals surface area contributed by atoms with Crippen molar-refractivity contribution in [2.45, 2.75) is 18.4 Å². The molecule has 0 aliphatic carbocycles. The Balaban J connectivity index is 2.11. The fourth-order valence-corrected chi connectivity index (χ4v) is 4.18. The van der Waals surface area contributed by atoms with Crippen molar-refractivity contribution in [1.82, 2.24) is 4.57 Å². The summed E-state index contributed by atoms with van der Waals surface area (Å²) in [5, 5.41) is 0. The Hall–Kier alpha value is -2.25. The Morgan fingerprint density at radius 3 is 2.62 bits per heavy atom. The highest BCUT2D eigenvalue weighted by molar-refractivity contribution is 7.90. The van der Waals surface area contributed by atoms with Crippen molar-refractivity contribution in [3.63, 3.8) is 0 Å². The molecule has 0 saturated heterocycles. The lowest BCUT2D eigenvalue weighted by molar-refractivity contribution is 0.0997. The van der Waals surface area contributed by atoms with Crippen LogP contribution in [0, 0.1) is 0 Å². The van der Waals surface area contributed by atoms with Crippen molar-refractivity contribution >= 4 is 37.3 Å². The molecule has 0 saturated carbocycles. The highest BCUT2D eigenvalue weighted by Gasteiger charge is 2.12. The minimum atomic E-state index is -3.36. The van der Waals surface area contributed by atoms with E-state index in [1.54, 1.807) is 12.1 Å². The first kappa shape index (κ1) is 16.6. The molecule has 1 aromatic heterocycles. The normalized spacial score (nSPS) is 12.7. The summed E-state index contributed by atoms with van der Waals surface area (Å²) in [4.78, 5) is 17.4. The van der Waals surface area contributed by atoms with Gasteiger partial charge in [0.05, 0.1) is 15.1 Å². The van der Waals surface area contributed by atoms with E-state index in [1.807, 2.05) is 35.8 Å². The SMILES string of the molecule is CCn1c(=NC(=O)c2cccc(S(C)(=O)=O)c2)sc2ccccc21. The van der Waals surface area contributed by atoms with E-state index in [9.17, 15) is 13.2 Å². The lowest BCUT2D eigenvalue weighted by Gasteiger charge is -2.01. The molecule has 0 spiro atoms. The van der Waals surface area contributed by atoms with E-state index in [1.165, 1.54) is 23.5 Å². The molecule has 7 heteroatoms. The summed E-state index contributed by atoms with van der Waals surface area (Å²) in [7, 11) is -3.36. The van der Waals surface area contributed by atoms with Gasteiger partial charge in [-0.05, 0) is 37.3 Å². The van der Waals surface area contributed by atoms with Crippen molar-refractivity contribution in [3.05, 3.63) is 58.9 Å². The largest absolute Gasteiger partial charge is 0.317 e. The van der Waals surface area contributed by atoms with Crippen molar-refractivity contribution in [1.29, 1.82) is 0 Å². The number of hydrogen-bond donors (Lipinski definition) is 0. The fourth-order valence-electron chi connectivity index (χ4n) is 2.42. The average Bonchev–Trinajstić information content (AvgIpc) is 2.91. The second-order valence-electron chi connectivity index (χ2n) is 5.31. The minimum absolute atomic E-state index is 0.114. The number of hydrogen-bond acceptors (Lipinski definition) is 4. The van der Waals surface area contributed by atoms with Crippen LogP contribution in [0.3, 0.4) is 0 Å². The maximum absolute atomic E-state index is 12.5. The van der Waals surface area contributed by atoms with Crippen LogP contribution in [-0.2, 0) is 16.4 Å². The van der Waals surface area contributed by atoms with E-state index >= 15 is 0 Å². The molecule has 2 aromatic carbocycles. The number of benzene rings is 2. The van der Waals surface area contributed by atoms with E-state index < -0.39 is 15.7 Å². The Morgan fingerprint density at radius 1 is 1.17 bits per heavy atom. The molecular weight excluding hydrogens is 344 g/mol. The fraction of sp³-hybridized carbons (Fsp3) is 0.176. The third-order valence-corrected chi connectivity index (χ3v) is 5.78. The van der Waals surface area contributed by atoms with Gasteiger partial charge in [0, 0.05) is 18.4 Å². The smallest absolute Gasteiger partial charge is 0.279 e. The van der Waals surface area contributed by atoms with Gasteiger partial charge in [0.25, 0.3) is 5.91 Å². The molecule has 3 rings (SSSR count). The lowest BCUT2D eigenvalue weighted by Crippen LogP contribution is -2.16. The zero-order chi connectivity index (χ0) is 17.3. The number of amides is 1. The van der Waals surface area contributed by atoms with Crippen LogP contribution in [0.25, 0.3) is 10.2 Å². The van der Waals surface area contributed by atoms with Crippen molar-refractivity contribution in [2.24, 2.45) is 4.99 Å². The molecule has 0 unspecified atom stereocenters. The van der Waals surface area contributed by atoms with Crippen LogP contribution in [0.15, 0.2) is 58.4 Å². The second-order valence-corrected chi connectivity index (χ2v) is 8.34. The zero-order valence-corrected chi connectivity index (χ0v) is 14.9. The highest BCUT2D eigenvalue weighted by atomic mass is 32.2. The lowest BCUT2D eigenvalue weighted by atomic mass is 10.2. The van der Waals surface area contributed by atoms with Crippen LogP contribution in [0.2, 0.25) is 0 Å². The summed E-state index contributed by atoms with van der Waals surface area (Å²) in [6.45, 7) is 2.69. The molecule has 0 aliphatic heterocycles. The van der Waals surface area contributed by atoms with Crippen LogP contribution in [0.4, 0.5) is 0 Å². The molecule has 0 N–H and O–H groups in total. The van der Waals surface area contributed by atoms with Gasteiger partial charge in [0.15, 0.2) is 14.6 Å². The van der Waals surface area contributed by atoms with Gasteiger partial charge < -0.3 is 4.57 Å². The summed E-state index contributed by atoms with van der Waals surface area (Å²) < 4.78 is 26.3. The second kappa shape index (κ2) is 6.33. The van der Waals surface area contributed by atoms with Crippen molar-refractivity contribution in [2.75, 3.05) is 6.26 Å². The van der Waals surface area contributed by atoms with Crippen LogP contribution in [0.1, 0.15) is 17.3 Å². The summed E-state index contributed by atoms with van der Waals surface area (Å²) in [5.41, 5.74) is 1.29. The molecule has 0 fully saturated rings. The first-order valence-electron chi connectivity index (χ1n) is 7.37. The van der Waals surface area contributed by atoms with E-state index in [0.717, 1.165) is 16.5 Å². The van der Waals surface area contributed by atoms with Gasteiger partial charge in [-0.25, -0.2) is 8.42 Å². The van der Waals surface area contributed by atoms with E-state index in [4.69, 9.17) is 0 Å². The quantitative estimate of drug-likeness (QED) is 0.721. The molecule has 124 valence electrons. The summed E-state index contributed by atoms with van der Waals surface area (Å²) in [6, 6.07) is 13.8. The summed E-state index contributed by atoms with van der Waals surface area (Å²) >= 11 is 1.44. The Morgan fingerprint density at radius 2 is 1.92 bits per heavy atom. The molecule has 5 nitrogen and oxygen atoms in total. The number of nitrogens with zero attached hydrogens (tertiary/aromatic N) is 2. The molecule has 24 heavy (non-hydrogen) atoms. The third kappa shape index (κ3) is 3.18. The third-order valence-electron chi connectivity index (χ3n) is 3.61. The van der Waals surface area contributed by atoms with Crippen LogP contribution < -0.4 is 4.80 Å². The van der Waals surface area contributed by atoms with Crippen molar-refractivity contribution in [3.8, 4) is 0 Å². The number of fused-ring (bicyclic) bond motifs is 1. The maximum atomic E-state index is 12.5. The maximum Gasteiger partial charge on any atom is 0.279 e. The van der Waals surface area contributed by atoms with E-state index in [-0.39, 0.29) is 10.5 Å². The monoisotopic (exact) mass is 360 g/mol. The molecule has 0 aliphatic rings. The Labute approximate surface area is 143 Å². The van der Waals surface area contributed by atoms with Crippen LogP contribution in [0.5, 0.6) is 0 Å². The molecule has 1 amide bonds. The first-order valence-corrected chi connectivity index (χ1v) is 10.1. The van der Waals surface area contributed by atoms with Gasteiger partial charge in [0.1, 0.15) is 0 Å². The van der Waals surface area contributed by atoms with Crippen LogP contribution >= 0.6 is 11.3 Å². The van der Waals surface area contributed by atoms with Gasteiger partial charge in [-0.1, -0.05) is 29.5 Å². The summed E-state index contributed by atoms with van der Waals surface area (Å²) in [6.07, 6.45) is 1.12. The molecule has 1 heterocycles. The molecule has 0 bridgehead atoms. The predicted molar refractivity (Wildman–Crippen MR) is 94.9 cm³/mol.